The van der Waals surface area contributed by atoms with Crippen LogP contribution >= 0.6 is 0 Å². The van der Waals surface area contributed by atoms with E-state index in [-0.39, 0.29) is 24.1 Å². The van der Waals surface area contributed by atoms with Gasteiger partial charge >= 0.3 is 0 Å². The largest absolute Gasteiger partial charge is 0.497 e. The van der Waals surface area contributed by atoms with Gasteiger partial charge in [-0.25, -0.2) is 9.29 Å². The Morgan fingerprint density at radius 3 is 2.83 bits per heavy atom. The molecule has 1 fully saturated rings. The number of halogens is 1. The molecule has 2 aromatic carbocycles. The van der Waals surface area contributed by atoms with Crippen LogP contribution in [0.25, 0.3) is 10.9 Å². The number of nitrogens with zero attached hydrogens (tertiary/aromatic N) is 2. The SMILES string of the molecule is COc1cccc(N2C(=O)C[C@H](N3CCc4[nH]c5c(F)cccc5c4C3)C2=O)c1. The molecule has 3 aromatic rings. The van der Waals surface area contributed by atoms with Crippen molar-refractivity contribution < 1.29 is 18.7 Å². The maximum Gasteiger partial charge on any atom is 0.251 e. The van der Waals surface area contributed by atoms with Crippen molar-refractivity contribution >= 4 is 28.4 Å². The molecule has 1 aromatic heterocycles. The summed E-state index contributed by atoms with van der Waals surface area (Å²) in [5, 5.41) is 0.839. The second-order valence-electron chi connectivity index (χ2n) is 7.45. The molecule has 29 heavy (non-hydrogen) atoms. The van der Waals surface area contributed by atoms with Crippen molar-refractivity contribution in [2.45, 2.75) is 25.4 Å². The summed E-state index contributed by atoms with van der Waals surface area (Å²) >= 11 is 0. The van der Waals surface area contributed by atoms with Gasteiger partial charge in [0.1, 0.15) is 11.6 Å². The highest BCUT2D eigenvalue weighted by atomic mass is 19.1. The average Bonchev–Trinajstić information content (AvgIpc) is 3.25. The molecule has 0 radical (unpaired) electrons. The molecule has 1 atom stereocenters. The number of aromatic nitrogens is 1. The normalized spacial score (nSPS) is 19.8. The van der Waals surface area contributed by atoms with Gasteiger partial charge in [0.2, 0.25) is 5.91 Å². The van der Waals surface area contributed by atoms with Gasteiger partial charge in [0.05, 0.1) is 30.8 Å². The highest BCUT2D eigenvalue weighted by molar-refractivity contribution is 6.22. The molecule has 1 saturated heterocycles. The summed E-state index contributed by atoms with van der Waals surface area (Å²) in [6.07, 6.45) is 0.822. The lowest BCUT2D eigenvalue weighted by molar-refractivity contribution is -0.123. The number of benzene rings is 2. The molecular weight excluding hydrogens is 373 g/mol. The van der Waals surface area contributed by atoms with Crippen LogP contribution in [-0.4, -0.2) is 41.4 Å². The van der Waals surface area contributed by atoms with E-state index in [9.17, 15) is 14.0 Å². The van der Waals surface area contributed by atoms with Crippen LogP contribution in [0, 0.1) is 5.82 Å². The summed E-state index contributed by atoms with van der Waals surface area (Å²) in [6, 6.07) is 11.5. The minimum absolute atomic E-state index is 0.141. The maximum absolute atomic E-state index is 14.1. The van der Waals surface area contributed by atoms with Crippen LogP contribution < -0.4 is 9.64 Å². The van der Waals surface area contributed by atoms with Crippen LogP contribution in [0.3, 0.4) is 0 Å². The van der Waals surface area contributed by atoms with E-state index in [0.717, 1.165) is 16.6 Å². The maximum atomic E-state index is 14.1. The van der Waals surface area contributed by atoms with Crippen LogP contribution in [-0.2, 0) is 22.6 Å². The Bertz CT molecular complexity index is 1140. The van der Waals surface area contributed by atoms with Crippen molar-refractivity contribution in [1.29, 1.82) is 0 Å². The summed E-state index contributed by atoms with van der Waals surface area (Å²) in [5.41, 5.74) is 3.04. The topological polar surface area (TPSA) is 65.6 Å². The Labute approximate surface area is 166 Å². The number of anilines is 1. The standard InChI is InChI=1S/C22H20FN3O3/c1-29-14-5-2-4-13(10-14)26-20(27)11-19(22(26)28)25-9-8-18-16(12-25)15-6-3-7-17(23)21(15)24-18/h2-7,10,19,24H,8-9,11-12H2,1H3/t19-/m0/s1. The third kappa shape index (κ3) is 2.81. The number of H-pyrrole nitrogens is 1. The number of carbonyl (C=O) groups excluding carboxylic acids is 2. The lowest BCUT2D eigenvalue weighted by atomic mass is 10.0. The fourth-order valence-electron chi connectivity index (χ4n) is 4.41. The second-order valence-corrected chi connectivity index (χ2v) is 7.45. The number of aromatic amines is 1. The van der Waals surface area contributed by atoms with Crippen molar-refractivity contribution in [1.82, 2.24) is 9.88 Å². The molecule has 2 aliphatic rings. The number of fused-ring (bicyclic) bond motifs is 3. The summed E-state index contributed by atoms with van der Waals surface area (Å²) in [5.74, 6) is -0.128. The molecule has 6 nitrogen and oxygen atoms in total. The predicted octanol–water partition coefficient (Wildman–Crippen LogP) is 3.01. The number of amides is 2. The first kappa shape index (κ1) is 17.9. The number of imide groups is 1. The van der Waals surface area contributed by atoms with Gasteiger partial charge in [-0.05, 0) is 23.8 Å². The summed E-state index contributed by atoms with van der Waals surface area (Å²) < 4.78 is 19.3. The number of hydrogen-bond acceptors (Lipinski definition) is 4. The van der Waals surface area contributed by atoms with E-state index >= 15 is 0 Å². The minimum atomic E-state index is -0.514. The van der Waals surface area contributed by atoms with Gasteiger partial charge in [0.25, 0.3) is 5.91 Å². The van der Waals surface area contributed by atoms with Gasteiger partial charge in [-0.2, -0.15) is 0 Å². The van der Waals surface area contributed by atoms with Gasteiger partial charge in [0, 0.05) is 36.7 Å². The number of methoxy groups -OCH3 is 1. The zero-order chi connectivity index (χ0) is 20.1. The first-order chi connectivity index (χ1) is 14.1. The fraction of sp³-hybridized carbons (Fsp3) is 0.273. The zero-order valence-electron chi connectivity index (χ0n) is 15.9. The third-order valence-electron chi connectivity index (χ3n) is 5.86. The molecule has 0 saturated carbocycles. The van der Waals surface area contributed by atoms with E-state index in [4.69, 9.17) is 4.74 Å². The van der Waals surface area contributed by atoms with Crippen molar-refractivity contribution in [3.05, 3.63) is 59.5 Å². The van der Waals surface area contributed by atoms with Gasteiger partial charge in [-0.1, -0.05) is 18.2 Å². The molecule has 2 amide bonds. The van der Waals surface area contributed by atoms with Gasteiger partial charge in [-0.3, -0.25) is 14.5 Å². The van der Waals surface area contributed by atoms with Gasteiger partial charge in [0.15, 0.2) is 0 Å². The van der Waals surface area contributed by atoms with Crippen molar-refractivity contribution in [3.8, 4) is 5.75 Å². The Morgan fingerprint density at radius 2 is 2.00 bits per heavy atom. The van der Waals surface area contributed by atoms with Gasteiger partial charge in [-0.15, -0.1) is 0 Å². The molecule has 0 bridgehead atoms. The van der Waals surface area contributed by atoms with E-state index in [1.165, 1.54) is 11.0 Å². The van der Waals surface area contributed by atoms with Crippen LogP contribution in [0.15, 0.2) is 42.5 Å². The molecule has 5 rings (SSSR count). The van der Waals surface area contributed by atoms with Crippen LogP contribution in [0.5, 0.6) is 5.75 Å². The Hall–Kier alpha value is -3.19. The van der Waals surface area contributed by atoms with E-state index in [2.05, 4.69) is 4.98 Å². The second kappa shape index (κ2) is 6.70. The highest BCUT2D eigenvalue weighted by Crippen LogP contribution is 2.33. The molecular formula is C22H20FN3O3. The number of ether oxygens (including phenoxy) is 1. The highest BCUT2D eigenvalue weighted by Gasteiger charge is 2.43. The summed E-state index contributed by atoms with van der Waals surface area (Å²) in [7, 11) is 1.55. The Morgan fingerprint density at radius 1 is 1.17 bits per heavy atom. The van der Waals surface area contributed by atoms with Crippen molar-refractivity contribution in [3.63, 3.8) is 0 Å². The predicted molar refractivity (Wildman–Crippen MR) is 106 cm³/mol. The molecule has 3 heterocycles. The molecule has 2 aliphatic heterocycles. The molecule has 0 unspecified atom stereocenters. The summed E-state index contributed by atoms with van der Waals surface area (Å²) in [4.78, 5) is 32.3. The Kier molecular flexibility index (Phi) is 4.13. The number of nitrogens with one attached hydrogen (secondary N) is 1. The first-order valence-corrected chi connectivity index (χ1v) is 9.59. The minimum Gasteiger partial charge on any atom is -0.497 e. The van der Waals surface area contributed by atoms with E-state index in [1.807, 2.05) is 11.0 Å². The summed E-state index contributed by atoms with van der Waals surface area (Å²) in [6.45, 7) is 1.14. The Balaban J connectivity index is 1.44. The number of para-hydroxylation sites is 1. The van der Waals surface area contributed by atoms with Gasteiger partial charge < -0.3 is 9.72 Å². The molecule has 148 valence electrons. The smallest absolute Gasteiger partial charge is 0.251 e. The molecule has 0 spiro atoms. The quantitative estimate of drug-likeness (QED) is 0.695. The number of rotatable bonds is 3. The van der Waals surface area contributed by atoms with Crippen LogP contribution in [0.4, 0.5) is 10.1 Å². The molecule has 0 aliphatic carbocycles. The van der Waals surface area contributed by atoms with Crippen molar-refractivity contribution in [2.75, 3.05) is 18.6 Å². The third-order valence-corrected chi connectivity index (χ3v) is 5.86. The molecule has 1 N–H and O–H groups in total. The number of hydrogen-bond donors (Lipinski definition) is 1. The van der Waals surface area contributed by atoms with E-state index < -0.39 is 6.04 Å². The lowest BCUT2D eigenvalue weighted by Crippen LogP contribution is -2.44. The lowest BCUT2D eigenvalue weighted by Gasteiger charge is -2.31. The monoisotopic (exact) mass is 393 g/mol. The van der Waals surface area contributed by atoms with Crippen LogP contribution in [0.2, 0.25) is 0 Å². The molecule has 7 heteroatoms. The fourth-order valence-corrected chi connectivity index (χ4v) is 4.41. The zero-order valence-corrected chi connectivity index (χ0v) is 15.9. The van der Waals surface area contributed by atoms with Crippen LogP contribution in [0.1, 0.15) is 17.7 Å². The first-order valence-electron chi connectivity index (χ1n) is 9.59. The van der Waals surface area contributed by atoms with Crippen molar-refractivity contribution in [2.24, 2.45) is 0 Å². The number of carbonyl (C=O) groups is 2. The average molecular weight is 393 g/mol. The van der Waals surface area contributed by atoms with E-state index in [1.54, 1.807) is 37.4 Å². The van der Waals surface area contributed by atoms with E-state index in [0.29, 0.717) is 36.5 Å².